The highest BCUT2D eigenvalue weighted by molar-refractivity contribution is 9.10. The molecule has 0 radical (unpaired) electrons. The molecule has 0 bridgehead atoms. The van der Waals surface area contributed by atoms with E-state index in [0.29, 0.717) is 47.7 Å². The van der Waals surface area contributed by atoms with E-state index >= 15 is 0 Å². The van der Waals surface area contributed by atoms with Crippen LogP contribution in [0.2, 0.25) is 0 Å². The molecular weight excluding hydrogens is 377 g/mol. The molecule has 1 aliphatic heterocycles. The molecule has 0 aliphatic carbocycles. The van der Waals surface area contributed by atoms with Crippen LogP contribution in [0.1, 0.15) is 18.0 Å². The van der Waals surface area contributed by atoms with Gasteiger partial charge in [0.2, 0.25) is 0 Å². The first-order valence-electron chi connectivity index (χ1n) is 7.28. The van der Waals surface area contributed by atoms with Crippen molar-refractivity contribution in [2.75, 3.05) is 40.4 Å². The lowest BCUT2D eigenvalue weighted by Gasteiger charge is -2.36. The molecule has 1 atom stereocenters. The fourth-order valence-corrected chi connectivity index (χ4v) is 3.31. The van der Waals surface area contributed by atoms with Gasteiger partial charge in [0.25, 0.3) is 0 Å². The Balaban J connectivity index is 2.41. The van der Waals surface area contributed by atoms with E-state index < -0.39 is 18.6 Å². The molecule has 1 saturated heterocycles. The maximum Gasteiger partial charge on any atom is 0.390 e. The highest BCUT2D eigenvalue weighted by atomic mass is 79.9. The first-order valence-corrected chi connectivity index (χ1v) is 8.08. The Hall–Kier alpha value is -0.990. The maximum absolute atomic E-state index is 13.1. The minimum absolute atomic E-state index is 0.460. The molecule has 1 N–H and O–H groups in total. The highest BCUT2D eigenvalue weighted by Gasteiger charge is 2.36. The summed E-state index contributed by atoms with van der Waals surface area (Å²) in [7, 11) is 2.96. The summed E-state index contributed by atoms with van der Waals surface area (Å²) in [6.45, 7) is 2.50. The minimum Gasteiger partial charge on any atom is -0.495 e. The van der Waals surface area contributed by atoms with Crippen LogP contribution in [0.4, 0.5) is 13.2 Å². The van der Waals surface area contributed by atoms with E-state index in [1.807, 2.05) is 4.90 Å². The molecule has 0 spiro atoms. The molecule has 1 aromatic carbocycles. The molecule has 130 valence electrons. The highest BCUT2D eigenvalue weighted by Crippen LogP contribution is 2.41. The van der Waals surface area contributed by atoms with Gasteiger partial charge >= 0.3 is 6.18 Å². The van der Waals surface area contributed by atoms with Crippen molar-refractivity contribution in [3.05, 3.63) is 22.2 Å². The second kappa shape index (κ2) is 7.72. The second-order valence-corrected chi connectivity index (χ2v) is 6.15. The number of hydrogen-bond donors (Lipinski definition) is 1. The Bertz CT molecular complexity index is 509. The Morgan fingerprint density at radius 1 is 1.17 bits per heavy atom. The van der Waals surface area contributed by atoms with E-state index in [1.54, 1.807) is 12.1 Å². The van der Waals surface area contributed by atoms with Crippen molar-refractivity contribution in [2.24, 2.45) is 0 Å². The van der Waals surface area contributed by atoms with Gasteiger partial charge in [0.05, 0.1) is 20.6 Å². The summed E-state index contributed by atoms with van der Waals surface area (Å²) in [5, 5.41) is 3.16. The van der Waals surface area contributed by atoms with E-state index in [4.69, 9.17) is 9.47 Å². The molecule has 4 nitrogen and oxygen atoms in total. The largest absolute Gasteiger partial charge is 0.495 e. The van der Waals surface area contributed by atoms with Gasteiger partial charge in [-0.2, -0.15) is 13.2 Å². The zero-order chi connectivity index (χ0) is 17.0. The number of alkyl halides is 3. The van der Waals surface area contributed by atoms with Crippen molar-refractivity contribution in [3.63, 3.8) is 0 Å². The lowest BCUT2D eigenvalue weighted by molar-refractivity contribution is -0.148. The third kappa shape index (κ3) is 4.74. The Morgan fingerprint density at radius 3 is 2.13 bits per heavy atom. The number of methoxy groups -OCH3 is 2. The minimum atomic E-state index is -4.25. The number of nitrogens with one attached hydrogen (secondary N) is 1. The summed E-state index contributed by atoms with van der Waals surface area (Å²) >= 11 is 3.35. The number of ether oxygens (including phenoxy) is 2. The van der Waals surface area contributed by atoms with Crippen LogP contribution >= 0.6 is 15.9 Å². The number of benzene rings is 1. The van der Waals surface area contributed by atoms with E-state index in [9.17, 15) is 13.2 Å². The molecule has 2 rings (SSSR count). The van der Waals surface area contributed by atoms with Crippen molar-refractivity contribution < 1.29 is 22.6 Å². The Kier molecular flexibility index (Phi) is 6.16. The molecule has 1 aliphatic rings. The van der Waals surface area contributed by atoms with Gasteiger partial charge in [-0.3, -0.25) is 4.90 Å². The summed E-state index contributed by atoms with van der Waals surface area (Å²) in [6, 6.07) is 2.53. The molecular formula is C15H20BrF3N2O2. The molecule has 1 fully saturated rings. The second-order valence-electron chi connectivity index (χ2n) is 5.36. The smallest absolute Gasteiger partial charge is 0.390 e. The summed E-state index contributed by atoms with van der Waals surface area (Å²) in [5.41, 5.74) is 0.543. The zero-order valence-corrected chi connectivity index (χ0v) is 14.6. The summed E-state index contributed by atoms with van der Waals surface area (Å²) < 4.78 is 50.3. The quantitative estimate of drug-likeness (QED) is 0.827. The molecule has 0 unspecified atom stereocenters. The van der Waals surface area contributed by atoms with Gasteiger partial charge in [0.1, 0.15) is 16.0 Å². The van der Waals surface area contributed by atoms with Gasteiger partial charge in [-0.1, -0.05) is 0 Å². The van der Waals surface area contributed by atoms with E-state index in [-0.39, 0.29) is 0 Å². The van der Waals surface area contributed by atoms with Crippen molar-refractivity contribution >= 4 is 15.9 Å². The fourth-order valence-electron chi connectivity index (χ4n) is 2.75. The summed E-state index contributed by atoms with van der Waals surface area (Å²) in [5.74, 6) is 0.920. The summed E-state index contributed by atoms with van der Waals surface area (Å²) in [6.07, 6.45) is -5.15. The zero-order valence-electron chi connectivity index (χ0n) is 13.0. The van der Waals surface area contributed by atoms with Gasteiger partial charge < -0.3 is 14.8 Å². The van der Waals surface area contributed by atoms with Crippen molar-refractivity contribution in [2.45, 2.75) is 18.6 Å². The van der Waals surface area contributed by atoms with Crippen molar-refractivity contribution in [1.82, 2.24) is 10.2 Å². The number of halogens is 4. The Labute approximate surface area is 142 Å². The molecule has 1 aromatic rings. The number of rotatable bonds is 5. The Morgan fingerprint density at radius 2 is 1.70 bits per heavy atom. The van der Waals surface area contributed by atoms with E-state index in [1.165, 1.54) is 14.2 Å². The lowest BCUT2D eigenvalue weighted by Crippen LogP contribution is -2.46. The lowest BCUT2D eigenvalue weighted by atomic mass is 10.00. The van der Waals surface area contributed by atoms with Crippen LogP contribution in [0, 0.1) is 0 Å². The average Bonchev–Trinajstić information content (AvgIpc) is 2.53. The van der Waals surface area contributed by atoms with E-state index in [2.05, 4.69) is 21.2 Å². The number of piperazine rings is 1. The predicted octanol–water partition coefficient (Wildman–Crippen LogP) is 3.37. The standard InChI is InChI=1S/C15H20BrF3N2O2/c1-22-12-7-10(8-13(23-2)14(12)16)11(9-15(17,18)19)21-5-3-20-4-6-21/h7-8,11,20H,3-6,9H2,1-2H3/t11-/m1/s1. The molecule has 0 amide bonds. The third-order valence-electron chi connectivity index (χ3n) is 3.87. The molecule has 8 heteroatoms. The van der Waals surface area contributed by atoms with Gasteiger partial charge in [-0.15, -0.1) is 0 Å². The first-order chi connectivity index (χ1) is 10.9. The van der Waals surface area contributed by atoms with Crippen LogP contribution < -0.4 is 14.8 Å². The molecule has 0 saturated carbocycles. The molecule has 1 heterocycles. The average molecular weight is 397 g/mol. The van der Waals surface area contributed by atoms with Crippen molar-refractivity contribution in [1.29, 1.82) is 0 Å². The van der Waals surface area contributed by atoms with Crippen LogP contribution in [0.3, 0.4) is 0 Å². The normalized spacial score (nSPS) is 17.8. The van der Waals surface area contributed by atoms with Crippen LogP contribution in [0.5, 0.6) is 11.5 Å². The predicted molar refractivity (Wildman–Crippen MR) is 85.1 cm³/mol. The van der Waals surface area contributed by atoms with Crippen LogP contribution in [-0.4, -0.2) is 51.5 Å². The van der Waals surface area contributed by atoms with Crippen LogP contribution in [-0.2, 0) is 0 Å². The fraction of sp³-hybridized carbons (Fsp3) is 0.600. The van der Waals surface area contributed by atoms with Gasteiger partial charge in [-0.25, -0.2) is 0 Å². The van der Waals surface area contributed by atoms with E-state index in [0.717, 1.165) is 0 Å². The van der Waals surface area contributed by atoms with Crippen LogP contribution in [0.25, 0.3) is 0 Å². The van der Waals surface area contributed by atoms with Crippen LogP contribution in [0.15, 0.2) is 16.6 Å². The van der Waals surface area contributed by atoms with Crippen molar-refractivity contribution in [3.8, 4) is 11.5 Å². The monoisotopic (exact) mass is 396 g/mol. The SMILES string of the molecule is COc1cc([C@@H](CC(F)(F)F)N2CCNCC2)cc(OC)c1Br. The van der Waals surface area contributed by atoms with Gasteiger partial charge in [-0.05, 0) is 33.6 Å². The number of hydrogen-bond acceptors (Lipinski definition) is 4. The molecule has 23 heavy (non-hydrogen) atoms. The maximum atomic E-state index is 13.1. The van der Waals surface area contributed by atoms with Gasteiger partial charge in [0, 0.05) is 32.2 Å². The first kappa shape index (κ1) is 18.4. The summed E-state index contributed by atoms with van der Waals surface area (Å²) in [4.78, 5) is 1.85. The topological polar surface area (TPSA) is 33.7 Å². The van der Waals surface area contributed by atoms with Gasteiger partial charge in [0.15, 0.2) is 0 Å². The molecule has 0 aromatic heterocycles. The number of nitrogens with zero attached hydrogens (tertiary/aromatic N) is 1. The third-order valence-corrected chi connectivity index (χ3v) is 4.65.